The quantitative estimate of drug-likeness (QED) is 0.664. The Morgan fingerprint density at radius 3 is 3.00 bits per heavy atom. The van der Waals surface area contributed by atoms with Crippen LogP contribution < -0.4 is 0 Å². The first kappa shape index (κ1) is 7.01. The number of nitrogens with zero attached hydrogens (tertiary/aromatic N) is 3. The van der Waals surface area contributed by atoms with Crippen LogP contribution in [-0.2, 0) is 11.3 Å². The standard InChI is InChI=1S/C4H4ClN3O2/c5-4-6-2-8(7-4)1-3(9)10/h2H,1H2,(H,9,10). The fourth-order valence-corrected chi connectivity index (χ4v) is 0.627. The summed E-state index contributed by atoms with van der Waals surface area (Å²) in [6, 6.07) is 0. The van der Waals surface area contributed by atoms with E-state index in [1.54, 1.807) is 0 Å². The molecule has 0 bridgehead atoms. The van der Waals surface area contributed by atoms with Gasteiger partial charge in [-0.3, -0.25) is 4.79 Å². The lowest BCUT2D eigenvalue weighted by atomic mass is 10.7. The van der Waals surface area contributed by atoms with E-state index in [1.165, 1.54) is 6.33 Å². The molecular formula is C4H4ClN3O2. The molecule has 5 nitrogen and oxygen atoms in total. The van der Waals surface area contributed by atoms with E-state index in [2.05, 4.69) is 10.1 Å². The van der Waals surface area contributed by atoms with Crippen molar-refractivity contribution in [3.63, 3.8) is 0 Å². The molecule has 54 valence electrons. The van der Waals surface area contributed by atoms with Crippen LogP contribution in [0.2, 0.25) is 5.28 Å². The molecule has 1 aromatic rings. The molecular weight excluding hydrogens is 158 g/mol. The molecule has 0 unspecified atom stereocenters. The van der Waals surface area contributed by atoms with E-state index in [-0.39, 0.29) is 11.8 Å². The molecule has 0 atom stereocenters. The topological polar surface area (TPSA) is 68.0 Å². The van der Waals surface area contributed by atoms with Crippen LogP contribution in [0.25, 0.3) is 0 Å². The van der Waals surface area contributed by atoms with Gasteiger partial charge in [0.05, 0.1) is 0 Å². The molecule has 1 N–H and O–H groups in total. The third-order valence-corrected chi connectivity index (χ3v) is 0.979. The van der Waals surface area contributed by atoms with Crippen molar-refractivity contribution in [2.45, 2.75) is 6.54 Å². The van der Waals surface area contributed by atoms with Crippen LogP contribution in [0.3, 0.4) is 0 Å². The van der Waals surface area contributed by atoms with Gasteiger partial charge in [0.15, 0.2) is 0 Å². The highest BCUT2D eigenvalue weighted by atomic mass is 35.5. The average Bonchev–Trinajstić information content (AvgIpc) is 2.13. The zero-order valence-electron chi connectivity index (χ0n) is 4.86. The molecule has 0 aliphatic carbocycles. The Morgan fingerprint density at radius 1 is 1.90 bits per heavy atom. The van der Waals surface area contributed by atoms with Crippen LogP contribution in [-0.4, -0.2) is 25.8 Å². The summed E-state index contributed by atoms with van der Waals surface area (Å²) in [4.78, 5) is 13.6. The Kier molecular flexibility index (Phi) is 1.86. The summed E-state index contributed by atoms with van der Waals surface area (Å²) in [6.45, 7) is -0.209. The molecule has 10 heavy (non-hydrogen) atoms. The summed E-state index contributed by atoms with van der Waals surface area (Å²) in [7, 11) is 0. The Morgan fingerprint density at radius 2 is 2.60 bits per heavy atom. The number of carbonyl (C=O) groups is 1. The maximum absolute atomic E-state index is 10.0. The van der Waals surface area contributed by atoms with Crippen LogP contribution in [0, 0.1) is 0 Å². The van der Waals surface area contributed by atoms with E-state index in [0.29, 0.717) is 0 Å². The molecule has 0 amide bonds. The van der Waals surface area contributed by atoms with Crippen molar-refractivity contribution >= 4 is 17.6 Å². The van der Waals surface area contributed by atoms with Crippen molar-refractivity contribution in [2.24, 2.45) is 0 Å². The average molecular weight is 162 g/mol. The molecule has 0 aromatic carbocycles. The number of hydrogen-bond acceptors (Lipinski definition) is 3. The molecule has 1 aromatic heterocycles. The van der Waals surface area contributed by atoms with Crippen molar-refractivity contribution in [1.29, 1.82) is 0 Å². The lowest BCUT2D eigenvalue weighted by molar-refractivity contribution is -0.137. The van der Waals surface area contributed by atoms with E-state index in [1.807, 2.05) is 0 Å². The van der Waals surface area contributed by atoms with Gasteiger partial charge in [0, 0.05) is 0 Å². The molecule has 0 fully saturated rings. The van der Waals surface area contributed by atoms with Gasteiger partial charge in [0.25, 0.3) is 0 Å². The monoisotopic (exact) mass is 161 g/mol. The lowest BCUT2D eigenvalue weighted by Gasteiger charge is -1.90. The Hall–Kier alpha value is -1.10. The fraction of sp³-hybridized carbons (Fsp3) is 0.250. The Balaban J connectivity index is 2.67. The molecule has 0 saturated carbocycles. The molecule has 0 spiro atoms. The molecule has 1 heterocycles. The van der Waals surface area contributed by atoms with Crippen molar-refractivity contribution in [1.82, 2.24) is 14.8 Å². The summed E-state index contributed by atoms with van der Waals surface area (Å²) in [5, 5.41) is 11.8. The highest BCUT2D eigenvalue weighted by Crippen LogP contribution is 1.95. The zero-order valence-corrected chi connectivity index (χ0v) is 5.62. The van der Waals surface area contributed by atoms with Gasteiger partial charge in [-0.05, 0) is 11.6 Å². The molecule has 0 radical (unpaired) electrons. The maximum atomic E-state index is 10.0. The highest BCUT2D eigenvalue weighted by molar-refractivity contribution is 6.28. The normalized spacial score (nSPS) is 9.70. The van der Waals surface area contributed by atoms with Crippen molar-refractivity contribution < 1.29 is 9.90 Å². The van der Waals surface area contributed by atoms with Crippen LogP contribution in [0.15, 0.2) is 6.33 Å². The van der Waals surface area contributed by atoms with Crippen molar-refractivity contribution in [2.75, 3.05) is 0 Å². The minimum atomic E-state index is -0.971. The van der Waals surface area contributed by atoms with E-state index in [4.69, 9.17) is 16.7 Å². The van der Waals surface area contributed by atoms with Gasteiger partial charge < -0.3 is 5.11 Å². The first-order valence-corrected chi connectivity index (χ1v) is 2.83. The van der Waals surface area contributed by atoms with E-state index >= 15 is 0 Å². The molecule has 6 heteroatoms. The van der Waals surface area contributed by atoms with Crippen molar-refractivity contribution in [3.05, 3.63) is 11.6 Å². The second kappa shape index (κ2) is 2.66. The van der Waals surface area contributed by atoms with Gasteiger partial charge in [0.2, 0.25) is 5.28 Å². The largest absolute Gasteiger partial charge is 0.480 e. The van der Waals surface area contributed by atoms with E-state index in [9.17, 15) is 4.79 Å². The molecule has 1 rings (SSSR count). The van der Waals surface area contributed by atoms with E-state index in [0.717, 1.165) is 4.68 Å². The predicted molar refractivity (Wildman–Crippen MR) is 32.7 cm³/mol. The first-order valence-electron chi connectivity index (χ1n) is 2.45. The Labute approximate surface area is 61.2 Å². The van der Waals surface area contributed by atoms with Gasteiger partial charge >= 0.3 is 5.97 Å². The lowest BCUT2D eigenvalue weighted by Crippen LogP contribution is -2.08. The summed E-state index contributed by atoms with van der Waals surface area (Å²) in [5.41, 5.74) is 0. The zero-order chi connectivity index (χ0) is 7.56. The van der Waals surface area contributed by atoms with Crippen LogP contribution in [0.5, 0.6) is 0 Å². The number of halogens is 1. The van der Waals surface area contributed by atoms with Gasteiger partial charge in [-0.15, -0.1) is 5.10 Å². The predicted octanol–water partition coefficient (Wildman–Crippen LogP) is 0.0161. The third-order valence-electron chi connectivity index (χ3n) is 0.806. The first-order chi connectivity index (χ1) is 4.68. The highest BCUT2D eigenvalue weighted by Gasteiger charge is 2.00. The molecule has 0 aliphatic rings. The van der Waals surface area contributed by atoms with E-state index < -0.39 is 5.97 Å². The van der Waals surface area contributed by atoms with Crippen LogP contribution >= 0.6 is 11.6 Å². The molecule has 0 saturated heterocycles. The fourth-order valence-electron chi connectivity index (χ4n) is 0.487. The maximum Gasteiger partial charge on any atom is 0.325 e. The minimum Gasteiger partial charge on any atom is -0.480 e. The summed E-state index contributed by atoms with van der Waals surface area (Å²) < 4.78 is 1.14. The SMILES string of the molecule is O=C(O)Cn1cnc(Cl)n1. The molecule has 0 aliphatic heterocycles. The second-order valence-electron chi connectivity index (χ2n) is 1.60. The van der Waals surface area contributed by atoms with Gasteiger partial charge in [0.1, 0.15) is 12.9 Å². The number of aromatic nitrogens is 3. The summed E-state index contributed by atoms with van der Waals surface area (Å²) in [5.74, 6) is -0.971. The summed E-state index contributed by atoms with van der Waals surface area (Å²) in [6.07, 6.45) is 1.26. The number of carboxylic acid groups (broad SMARTS) is 1. The number of carboxylic acids is 1. The second-order valence-corrected chi connectivity index (χ2v) is 1.94. The van der Waals surface area contributed by atoms with Crippen LogP contribution in [0.4, 0.5) is 0 Å². The Bertz CT molecular complexity index is 246. The van der Waals surface area contributed by atoms with Gasteiger partial charge in [-0.25, -0.2) is 9.67 Å². The summed E-state index contributed by atoms with van der Waals surface area (Å²) >= 11 is 5.31. The third kappa shape index (κ3) is 1.70. The smallest absolute Gasteiger partial charge is 0.325 e. The van der Waals surface area contributed by atoms with Gasteiger partial charge in [-0.1, -0.05) is 0 Å². The van der Waals surface area contributed by atoms with Gasteiger partial charge in [-0.2, -0.15) is 0 Å². The van der Waals surface area contributed by atoms with Crippen LogP contribution in [0.1, 0.15) is 0 Å². The number of rotatable bonds is 2. The van der Waals surface area contributed by atoms with Crippen molar-refractivity contribution in [3.8, 4) is 0 Å². The number of hydrogen-bond donors (Lipinski definition) is 1. The number of aliphatic carboxylic acids is 1. The minimum absolute atomic E-state index is 0.0567.